The van der Waals surface area contributed by atoms with Crippen LogP contribution in [0.15, 0.2) is 36.1 Å². The molecular formula is C16H11FN4OS. The average molecular weight is 326 g/mol. The van der Waals surface area contributed by atoms with E-state index in [2.05, 4.69) is 20.3 Å². The maximum atomic E-state index is 14.4. The third-order valence-corrected chi connectivity index (χ3v) is 4.52. The smallest absolute Gasteiger partial charge is 0.224 e. The van der Waals surface area contributed by atoms with Crippen molar-refractivity contribution < 1.29 is 9.18 Å². The predicted molar refractivity (Wildman–Crippen MR) is 85.5 cm³/mol. The van der Waals surface area contributed by atoms with Crippen molar-refractivity contribution in [3.05, 3.63) is 47.5 Å². The van der Waals surface area contributed by atoms with Crippen LogP contribution in [-0.2, 0) is 11.2 Å². The fraction of sp³-hybridized carbons (Fsp3) is 0.125. The number of hydrogen-bond donors (Lipinski definition) is 1. The minimum Gasteiger partial charge on any atom is -0.326 e. The van der Waals surface area contributed by atoms with Gasteiger partial charge >= 0.3 is 0 Å². The number of nitrogens with one attached hydrogen (secondary N) is 1. The number of anilines is 1. The minimum absolute atomic E-state index is 0.0803. The molecule has 0 unspecified atom stereocenters. The van der Waals surface area contributed by atoms with Crippen molar-refractivity contribution in [2.75, 3.05) is 5.32 Å². The van der Waals surface area contributed by atoms with Crippen LogP contribution in [0.3, 0.4) is 0 Å². The molecule has 0 atom stereocenters. The van der Waals surface area contributed by atoms with Crippen LogP contribution in [0.5, 0.6) is 0 Å². The topological polar surface area (TPSA) is 67.8 Å². The van der Waals surface area contributed by atoms with E-state index < -0.39 is 5.82 Å². The molecule has 4 rings (SSSR count). The lowest BCUT2D eigenvalue weighted by molar-refractivity contribution is -0.116. The fourth-order valence-corrected chi connectivity index (χ4v) is 3.30. The number of aryl methyl sites for hydroxylation is 1. The van der Waals surface area contributed by atoms with E-state index in [0.29, 0.717) is 40.5 Å². The molecule has 0 bridgehead atoms. The Kier molecular flexibility index (Phi) is 3.34. The van der Waals surface area contributed by atoms with E-state index in [9.17, 15) is 9.18 Å². The van der Waals surface area contributed by atoms with Crippen LogP contribution in [-0.4, -0.2) is 20.9 Å². The summed E-state index contributed by atoms with van der Waals surface area (Å²) >= 11 is 1.39. The van der Waals surface area contributed by atoms with Crippen molar-refractivity contribution in [2.24, 2.45) is 0 Å². The number of rotatable bonds is 2. The van der Waals surface area contributed by atoms with Crippen molar-refractivity contribution in [3.63, 3.8) is 0 Å². The average Bonchev–Trinajstić information content (AvgIpc) is 3.05. The number of hydrogen-bond acceptors (Lipinski definition) is 5. The number of aromatic nitrogens is 3. The highest BCUT2D eigenvalue weighted by Gasteiger charge is 2.19. The van der Waals surface area contributed by atoms with Crippen molar-refractivity contribution in [1.29, 1.82) is 0 Å². The molecule has 1 amide bonds. The summed E-state index contributed by atoms with van der Waals surface area (Å²) in [5.74, 6) is -0.481. The predicted octanol–water partition coefficient (Wildman–Crippen LogP) is 3.29. The van der Waals surface area contributed by atoms with Crippen molar-refractivity contribution in [3.8, 4) is 22.0 Å². The molecule has 1 N–H and O–H groups in total. The summed E-state index contributed by atoms with van der Waals surface area (Å²) in [5, 5.41) is 5.19. The molecule has 23 heavy (non-hydrogen) atoms. The van der Waals surface area contributed by atoms with Crippen molar-refractivity contribution >= 4 is 22.9 Å². The molecule has 7 heteroatoms. The third-order valence-electron chi connectivity index (χ3n) is 3.65. The Hall–Kier alpha value is -2.67. The first-order chi connectivity index (χ1) is 11.2. The SMILES string of the molecule is O=C1CCc2cc(-c3csc(-c4cnccn4)n3)c(F)cc2N1. The number of carbonyl (C=O) groups is 1. The summed E-state index contributed by atoms with van der Waals surface area (Å²) in [7, 11) is 0. The molecule has 5 nitrogen and oxygen atoms in total. The number of amides is 1. The van der Waals surface area contributed by atoms with Crippen LogP contribution in [0.1, 0.15) is 12.0 Å². The second kappa shape index (κ2) is 5.51. The Morgan fingerprint density at radius 1 is 1.17 bits per heavy atom. The van der Waals surface area contributed by atoms with Gasteiger partial charge in [-0.25, -0.2) is 9.37 Å². The van der Waals surface area contributed by atoms with Crippen LogP contribution in [0.2, 0.25) is 0 Å². The summed E-state index contributed by atoms with van der Waals surface area (Å²) in [5.41, 5.74) is 3.13. The van der Waals surface area contributed by atoms with Crippen LogP contribution >= 0.6 is 11.3 Å². The van der Waals surface area contributed by atoms with Gasteiger partial charge in [0, 0.05) is 35.4 Å². The molecule has 114 valence electrons. The summed E-state index contributed by atoms with van der Waals surface area (Å²) in [6.07, 6.45) is 5.84. The van der Waals surface area contributed by atoms with Crippen LogP contribution in [0, 0.1) is 5.82 Å². The third kappa shape index (κ3) is 2.59. The Balaban J connectivity index is 1.74. The summed E-state index contributed by atoms with van der Waals surface area (Å²) in [6.45, 7) is 0. The lowest BCUT2D eigenvalue weighted by Crippen LogP contribution is -2.19. The molecular weight excluding hydrogens is 315 g/mol. The monoisotopic (exact) mass is 326 g/mol. The maximum absolute atomic E-state index is 14.4. The van der Waals surface area contributed by atoms with Gasteiger partial charge in [0.25, 0.3) is 0 Å². The molecule has 0 saturated carbocycles. The Labute approximate surface area is 135 Å². The van der Waals surface area contributed by atoms with E-state index in [0.717, 1.165) is 5.56 Å². The minimum atomic E-state index is -0.401. The molecule has 0 fully saturated rings. The second-order valence-electron chi connectivity index (χ2n) is 5.17. The number of carbonyl (C=O) groups excluding carboxylic acids is 1. The quantitative estimate of drug-likeness (QED) is 0.784. The first kappa shape index (κ1) is 14.0. The van der Waals surface area contributed by atoms with E-state index in [1.54, 1.807) is 30.0 Å². The van der Waals surface area contributed by atoms with Gasteiger partial charge in [0.15, 0.2) is 0 Å². The lowest BCUT2D eigenvalue weighted by atomic mass is 9.99. The van der Waals surface area contributed by atoms with Crippen molar-refractivity contribution in [2.45, 2.75) is 12.8 Å². The van der Waals surface area contributed by atoms with Crippen LogP contribution in [0.4, 0.5) is 10.1 Å². The number of thiazole rings is 1. The first-order valence-corrected chi connectivity index (χ1v) is 7.93. The zero-order valence-corrected chi connectivity index (χ0v) is 12.7. The van der Waals surface area contributed by atoms with Crippen molar-refractivity contribution in [1.82, 2.24) is 15.0 Å². The van der Waals surface area contributed by atoms with Gasteiger partial charge in [-0.15, -0.1) is 11.3 Å². The molecule has 1 aromatic carbocycles. The summed E-state index contributed by atoms with van der Waals surface area (Å²) in [6, 6.07) is 3.13. The van der Waals surface area contributed by atoms with Gasteiger partial charge in [-0.3, -0.25) is 14.8 Å². The largest absolute Gasteiger partial charge is 0.326 e. The van der Waals surface area contributed by atoms with Gasteiger partial charge in [-0.05, 0) is 24.1 Å². The lowest BCUT2D eigenvalue weighted by Gasteiger charge is -2.17. The molecule has 0 saturated heterocycles. The molecule has 2 aromatic heterocycles. The van der Waals surface area contributed by atoms with E-state index >= 15 is 0 Å². The van der Waals surface area contributed by atoms with E-state index in [-0.39, 0.29) is 5.91 Å². The zero-order valence-electron chi connectivity index (χ0n) is 11.9. The zero-order chi connectivity index (χ0) is 15.8. The standard InChI is InChI=1S/C16H11FN4OS/c17-11-6-12-9(1-2-15(22)20-12)5-10(11)14-8-23-16(21-14)13-7-18-3-4-19-13/h3-8H,1-2H2,(H,20,22). The molecule has 0 spiro atoms. The van der Waals surface area contributed by atoms with Gasteiger partial charge in [-0.2, -0.15) is 0 Å². The maximum Gasteiger partial charge on any atom is 0.224 e. The number of halogens is 1. The fourth-order valence-electron chi connectivity index (χ4n) is 2.52. The number of fused-ring (bicyclic) bond motifs is 1. The van der Waals surface area contributed by atoms with Gasteiger partial charge < -0.3 is 5.32 Å². The molecule has 3 aromatic rings. The van der Waals surface area contributed by atoms with Gasteiger partial charge in [0.2, 0.25) is 5.91 Å². The number of benzene rings is 1. The van der Waals surface area contributed by atoms with Crippen LogP contribution in [0.25, 0.3) is 22.0 Å². The van der Waals surface area contributed by atoms with Gasteiger partial charge in [-0.1, -0.05) is 0 Å². The number of nitrogens with zero attached hydrogens (tertiary/aromatic N) is 3. The Morgan fingerprint density at radius 2 is 2.09 bits per heavy atom. The normalized spacial score (nSPS) is 13.5. The second-order valence-corrected chi connectivity index (χ2v) is 6.02. The highest BCUT2D eigenvalue weighted by atomic mass is 32.1. The van der Waals surface area contributed by atoms with Crippen LogP contribution < -0.4 is 5.32 Å². The van der Waals surface area contributed by atoms with E-state index in [1.165, 1.54) is 17.4 Å². The molecule has 0 aliphatic carbocycles. The van der Waals surface area contributed by atoms with E-state index in [4.69, 9.17) is 0 Å². The molecule has 1 aliphatic heterocycles. The van der Waals surface area contributed by atoms with E-state index in [1.807, 2.05) is 0 Å². The summed E-state index contributed by atoms with van der Waals surface area (Å²) < 4.78 is 14.4. The first-order valence-electron chi connectivity index (χ1n) is 7.05. The Morgan fingerprint density at radius 3 is 2.91 bits per heavy atom. The highest BCUT2D eigenvalue weighted by molar-refractivity contribution is 7.13. The molecule has 3 heterocycles. The van der Waals surface area contributed by atoms with Gasteiger partial charge in [0.05, 0.1) is 11.9 Å². The summed E-state index contributed by atoms with van der Waals surface area (Å²) in [4.78, 5) is 24.1. The molecule has 0 radical (unpaired) electrons. The highest BCUT2D eigenvalue weighted by Crippen LogP contribution is 2.33. The van der Waals surface area contributed by atoms with Gasteiger partial charge in [0.1, 0.15) is 16.5 Å². The Bertz CT molecular complexity index is 894. The molecule has 1 aliphatic rings.